The predicted molar refractivity (Wildman–Crippen MR) is 44.8 cm³/mol. The molecule has 1 amide bonds. The lowest BCUT2D eigenvalue weighted by Crippen LogP contribution is -2.13. The van der Waals surface area contributed by atoms with Crippen LogP contribution in [-0.4, -0.2) is 11.9 Å². The van der Waals surface area contributed by atoms with Gasteiger partial charge in [-0.05, 0) is 16.8 Å². The van der Waals surface area contributed by atoms with Crippen molar-refractivity contribution in [3.63, 3.8) is 0 Å². The van der Waals surface area contributed by atoms with Crippen LogP contribution in [0.1, 0.15) is 11.7 Å². The molecule has 1 aromatic heterocycles. The Morgan fingerprint density at radius 1 is 1.67 bits per heavy atom. The second kappa shape index (κ2) is 2.60. The molecule has 2 N–H and O–H groups in total. The molecule has 1 aliphatic heterocycles. The van der Waals surface area contributed by atoms with Crippen LogP contribution in [0.5, 0.6) is 0 Å². The highest BCUT2D eigenvalue weighted by atomic mass is 32.1. The molecule has 12 heavy (non-hydrogen) atoms. The molecule has 2 rings (SSSR count). The molecule has 0 radical (unpaired) electrons. The summed E-state index contributed by atoms with van der Waals surface area (Å²) in [6.07, 6.45) is -0.615. The van der Waals surface area contributed by atoms with Crippen LogP contribution >= 0.6 is 11.3 Å². The van der Waals surface area contributed by atoms with Crippen molar-refractivity contribution < 1.29 is 9.53 Å². The lowest BCUT2D eigenvalue weighted by atomic mass is 10.2. The average Bonchev–Trinajstić information content (AvgIpc) is 2.58. The largest absolute Gasteiger partial charge is 0.447 e. The quantitative estimate of drug-likeness (QED) is 0.693. The number of carbonyl (C=O) groups excluding carboxylic acids is 1. The summed E-state index contributed by atoms with van der Waals surface area (Å²) >= 11 is 1.51. The molecule has 2 heterocycles. The highest BCUT2D eigenvalue weighted by Crippen LogP contribution is 2.24. The number of hydrogen-bond acceptors (Lipinski definition) is 4. The highest BCUT2D eigenvalue weighted by molar-refractivity contribution is 7.08. The molecule has 0 saturated carbocycles. The maximum absolute atomic E-state index is 11.1. The van der Waals surface area contributed by atoms with Crippen LogP contribution in [-0.2, 0) is 9.53 Å². The van der Waals surface area contributed by atoms with E-state index in [1.54, 1.807) is 0 Å². The van der Waals surface area contributed by atoms with Crippen molar-refractivity contribution in [2.75, 3.05) is 0 Å². The summed E-state index contributed by atoms with van der Waals surface area (Å²) in [5, 5.41) is 3.72. The summed E-state index contributed by atoms with van der Waals surface area (Å²) in [6, 6.07) is 1.78. The first-order valence-electron chi connectivity index (χ1n) is 3.34. The van der Waals surface area contributed by atoms with Crippen LogP contribution in [0.2, 0.25) is 0 Å². The fraction of sp³-hybridized carbons (Fsp3) is 0.143. The summed E-state index contributed by atoms with van der Waals surface area (Å²) in [4.78, 5) is 14.6. The van der Waals surface area contributed by atoms with Gasteiger partial charge in [0.05, 0.1) is 0 Å². The van der Waals surface area contributed by atoms with Crippen molar-refractivity contribution in [2.24, 2.45) is 10.7 Å². The van der Waals surface area contributed by atoms with Crippen LogP contribution in [0, 0.1) is 0 Å². The van der Waals surface area contributed by atoms with Crippen molar-refractivity contribution in [1.29, 1.82) is 0 Å². The summed E-state index contributed by atoms with van der Waals surface area (Å²) < 4.78 is 5.00. The van der Waals surface area contributed by atoms with Crippen molar-refractivity contribution >= 4 is 23.3 Å². The number of thiophene rings is 1. The standard InChI is InChI=1S/C7H6N2O2S/c8-7-9-6(10)5(11-7)4-1-2-12-3-4/h1-3,5H,(H2,8,9,10). The number of nitrogens with two attached hydrogens (primary N) is 1. The van der Waals surface area contributed by atoms with Gasteiger partial charge in [0.2, 0.25) is 6.10 Å². The number of carbonyl (C=O) groups is 1. The maximum atomic E-state index is 11.1. The summed E-state index contributed by atoms with van der Waals surface area (Å²) in [7, 11) is 0. The first kappa shape index (κ1) is 7.30. The van der Waals surface area contributed by atoms with E-state index >= 15 is 0 Å². The monoisotopic (exact) mass is 182 g/mol. The normalized spacial score (nSPS) is 22.2. The van der Waals surface area contributed by atoms with Gasteiger partial charge in [-0.1, -0.05) is 0 Å². The molecule has 0 spiro atoms. The Morgan fingerprint density at radius 3 is 3.00 bits per heavy atom. The predicted octanol–water partition coefficient (Wildman–Crippen LogP) is 0.661. The molecule has 0 aromatic carbocycles. The van der Waals surface area contributed by atoms with E-state index in [0.29, 0.717) is 0 Å². The van der Waals surface area contributed by atoms with Gasteiger partial charge in [-0.15, -0.1) is 0 Å². The zero-order chi connectivity index (χ0) is 8.55. The van der Waals surface area contributed by atoms with Gasteiger partial charge in [0, 0.05) is 5.56 Å². The Labute approximate surface area is 72.7 Å². The lowest BCUT2D eigenvalue weighted by Gasteiger charge is -2.04. The van der Waals surface area contributed by atoms with Crippen LogP contribution < -0.4 is 5.73 Å². The van der Waals surface area contributed by atoms with Crippen molar-refractivity contribution in [3.8, 4) is 0 Å². The third-order valence-electron chi connectivity index (χ3n) is 1.53. The van der Waals surface area contributed by atoms with Crippen molar-refractivity contribution in [2.45, 2.75) is 6.10 Å². The molecule has 1 aromatic rings. The van der Waals surface area contributed by atoms with Gasteiger partial charge >= 0.3 is 0 Å². The second-order valence-corrected chi connectivity index (χ2v) is 3.12. The minimum atomic E-state index is -0.615. The first-order chi connectivity index (χ1) is 5.77. The van der Waals surface area contributed by atoms with E-state index in [-0.39, 0.29) is 11.9 Å². The number of rotatable bonds is 1. The van der Waals surface area contributed by atoms with E-state index in [0.717, 1.165) is 5.56 Å². The first-order valence-corrected chi connectivity index (χ1v) is 4.28. The van der Waals surface area contributed by atoms with Gasteiger partial charge in [0.15, 0.2) is 0 Å². The zero-order valence-corrected chi connectivity index (χ0v) is 6.88. The van der Waals surface area contributed by atoms with E-state index in [1.165, 1.54) is 11.3 Å². The van der Waals surface area contributed by atoms with Crippen LogP contribution in [0.4, 0.5) is 0 Å². The number of aliphatic imine (C=N–C) groups is 1. The molecule has 0 fully saturated rings. The SMILES string of the molecule is NC1=NC(=O)C(c2ccsc2)O1. The Hall–Kier alpha value is -1.36. The Balaban J connectivity index is 2.25. The van der Waals surface area contributed by atoms with Gasteiger partial charge in [0.1, 0.15) is 0 Å². The van der Waals surface area contributed by atoms with E-state index in [4.69, 9.17) is 10.5 Å². The fourth-order valence-electron chi connectivity index (χ4n) is 1.000. The zero-order valence-electron chi connectivity index (χ0n) is 6.06. The van der Waals surface area contributed by atoms with Crippen LogP contribution in [0.25, 0.3) is 0 Å². The molecule has 4 nitrogen and oxygen atoms in total. The maximum Gasteiger partial charge on any atom is 0.296 e. The third kappa shape index (κ3) is 1.08. The molecule has 1 aliphatic rings. The molecular weight excluding hydrogens is 176 g/mol. The van der Waals surface area contributed by atoms with E-state index in [2.05, 4.69) is 4.99 Å². The molecule has 1 atom stereocenters. The summed E-state index contributed by atoms with van der Waals surface area (Å²) in [6.45, 7) is 0. The number of nitrogens with zero attached hydrogens (tertiary/aromatic N) is 1. The number of amides is 1. The van der Waals surface area contributed by atoms with E-state index in [9.17, 15) is 4.79 Å². The smallest absolute Gasteiger partial charge is 0.296 e. The van der Waals surface area contributed by atoms with Gasteiger partial charge < -0.3 is 10.5 Å². The molecule has 1 unspecified atom stereocenters. The average molecular weight is 182 g/mol. The van der Waals surface area contributed by atoms with Crippen molar-refractivity contribution in [3.05, 3.63) is 22.4 Å². The van der Waals surface area contributed by atoms with Crippen LogP contribution in [0.15, 0.2) is 21.8 Å². The Morgan fingerprint density at radius 2 is 2.50 bits per heavy atom. The molecule has 0 bridgehead atoms. The minimum absolute atomic E-state index is 0.0452. The topological polar surface area (TPSA) is 64.7 Å². The van der Waals surface area contributed by atoms with Gasteiger partial charge in [0.25, 0.3) is 11.9 Å². The molecule has 0 aliphatic carbocycles. The van der Waals surface area contributed by atoms with Gasteiger partial charge in [-0.25, -0.2) is 0 Å². The number of amidine groups is 1. The molecule has 0 saturated heterocycles. The fourth-order valence-corrected chi connectivity index (χ4v) is 1.67. The lowest BCUT2D eigenvalue weighted by molar-refractivity contribution is -0.122. The molecule has 5 heteroatoms. The Kier molecular flexibility index (Phi) is 1.58. The highest BCUT2D eigenvalue weighted by Gasteiger charge is 2.29. The molecular formula is C7H6N2O2S. The van der Waals surface area contributed by atoms with Gasteiger partial charge in [-0.2, -0.15) is 16.3 Å². The Bertz CT molecular complexity index is 331. The molecule has 62 valence electrons. The summed E-state index contributed by atoms with van der Waals surface area (Å²) in [5.41, 5.74) is 6.05. The number of hydrogen-bond donors (Lipinski definition) is 1. The van der Waals surface area contributed by atoms with E-state index < -0.39 is 6.10 Å². The number of ether oxygens (including phenoxy) is 1. The minimum Gasteiger partial charge on any atom is -0.447 e. The third-order valence-corrected chi connectivity index (χ3v) is 2.23. The second-order valence-electron chi connectivity index (χ2n) is 2.34. The van der Waals surface area contributed by atoms with Gasteiger partial charge in [-0.3, -0.25) is 4.79 Å². The summed E-state index contributed by atoms with van der Waals surface area (Å²) in [5.74, 6) is -0.328. The van der Waals surface area contributed by atoms with Crippen molar-refractivity contribution in [1.82, 2.24) is 0 Å². The van der Waals surface area contributed by atoms with Crippen LogP contribution in [0.3, 0.4) is 0 Å². The van der Waals surface area contributed by atoms with E-state index in [1.807, 2.05) is 16.8 Å².